The fourth-order valence-corrected chi connectivity index (χ4v) is 3.44. The van der Waals surface area contributed by atoms with Crippen molar-refractivity contribution in [1.29, 1.82) is 0 Å². The second kappa shape index (κ2) is 10.3. The maximum Gasteiger partial charge on any atom is 0.358 e. The van der Waals surface area contributed by atoms with E-state index in [1.807, 2.05) is 0 Å². The highest BCUT2D eigenvalue weighted by Gasteiger charge is 2.11. The van der Waals surface area contributed by atoms with Crippen molar-refractivity contribution in [2.45, 2.75) is 17.6 Å². The molecule has 10 nitrogen and oxygen atoms in total. The molecule has 13 heteroatoms. The molecule has 0 spiro atoms. The number of hydrogen-bond acceptors (Lipinski definition) is 9. The summed E-state index contributed by atoms with van der Waals surface area (Å²) < 4.78 is 32.1. The molecule has 0 saturated carbocycles. The number of hydrogen-bond donors (Lipinski definition) is 0. The van der Waals surface area contributed by atoms with Crippen molar-refractivity contribution in [1.82, 2.24) is 24.7 Å². The molecule has 170 valence electrons. The molecule has 4 rings (SSSR count). The highest BCUT2D eigenvalue weighted by atomic mass is 35.5. The molecule has 3 aromatic heterocycles. The Labute approximate surface area is 196 Å². The molecule has 3 heterocycles. The summed E-state index contributed by atoms with van der Waals surface area (Å²) >= 11 is 7.07. The summed E-state index contributed by atoms with van der Waals surface area (Å²) in [7, 11) is 1.30. The first-order chi connectivity index (χ1) is 16.0. The van der Waals surface area contributed by atoms with Gasteiger partial charge in [0.2, 0.25) is 5.16 Å². The Morgan fingerprint density at radius 2 is 2.21 bits per heavy atom. The minimum Gasteiger partial charge on any atom is -0.486 e. The highest BCUT2D eigenvalue weighted by Crippen LogP contribution is 2.22. The van der Waals surface area contributed by atoms with E-state index in [2.05, 4.69) is 25.1 Å². The number of aromatic nitrogens is 5. The number of carbonyl (C=O) groups excluding carboxylic acids is 1. The van der Waals surface area contributed by atoms with Gasteiger partial charge in [0.05, 0.1) is 24.2 Å². The lowest BCUT2D eigenvalue weighted by Crippen LogP contribution is -2.04. The number of halogens is 2. The quantitative estimate of drug-likeness (QED) is 0.198. The Bertz CT molecular complexity index is 1290. The predicted octanol–water partition coefficient (Wildman–Crippen LogP) is 3.86. The number of methoxy groups -OCH3 is 1. The van der Waals surface area contributed by atoms with Crippen LogP contribution in [0.3, 0.4) is 0 Å². The molecule has 0 aliphatic rings. The smallest absolute Gasteiger partial charge is 0.358 e. The zero-order valence-corrected chi connectivity index (χ0v) is 18.7. The summed E-state index contributed by atoms with van der Waals surface area (Å²) in [5.74, 6) is 0.843. The Morgan fingerprint density at radius 3 is 3.03 bits per heavy atom. The van der Waals surface area contributed by atoms with Gasteiger partial charge in [0, 0.05) is 12.3 Å². The van der Waals surface area contributed by atoms with Gasteiger partial charge in [-0.25, -0.2) is 9.18 Å². The van der Waals surface area contributed by atoms with E-state index in [4.69, 9.17) is 20.8 Å². The van der Waals surface area contributed by atoms with Gasteiger partial charge in [-0.2, -0.15) is 14.9 Å². The van der Waals surface area contributed by atoms with Crippen LogP contribution in [0, 0.1) is 5.82 Å². The van der Waals surface area contributed by atoms with E-state index in [1.165, 1.54) is 54.3 Å². The topological polar surface area (TPSA) is 110 Å². The molecule has 0 aliphatic heterocycles. The van der Waals surface area contributed by atoms with Gasteiger partial charge in [-0.3, -0.25) is 4.68 Å². The molecule has 1 aromatic carbocycles. The third-order valence-corrected chi connectivity index (χ3v) is 5.34. The van der Waals surface area contributed by atoms with E-state index in [0.29, 0.717) is 28.3 Å². The number of nitrogens with zero attached hydrogens (tertiary/aromatic N) is 6. The molecule has 0 unspecified atom stereocenters. The first-order valence-electron chi connectivity index (χ1n) is 9.37. The van der Waals surface area contributed by atoms with Crippen LogP contribution in [-0.2, 0) is 17.2 Å². The van der Waals surface area contributed by atoms with Crippen LogP contribution in [0.4, 0.5) is 4.39 Å². The maximum absolute atomic E-state index is 13.2. The van der Waals surface area contributed by atoms with Gasteiger partial charge >= 0.3 is 5.97 Å². The largest absolute Gasteiger partial charge is 0.486 e. The summed E-state index contributed by atoms with van der Waals surface area (Å²) in [5, 5.41) is 16.8. The van der Waals surface area contributed by atoms with E-state index in [-0.39, 0.29) is 17.3 Å². The van der Waals surface area contributed by atoms with Crippen LogP contribution in [0.1, 0.15) is 22.0 Å². The van der Waals surface area contributed by atoms with E-state index in [1.54, 1.807) is 29.1 Å². The van der Waals surface area contributed by atoms with Gasteiger partial charge in [-0.15, -0.1) is 10.2 Å². The van der Waals surface area contributed by atoms with Crippen molar-refractivity contribution in [2.75, 3.05) is 7.11 Å². The first kappa shape index (κ1) is 22.6. The van der Waals surface area contributed by atoms with Crippen molar-refractivity contribution in [2.24, 2.45) is 5.10 Å². The summed E-state index contributed by atoms with van der Waals surface area (Å²) in [4.78, 5) is 11.5. The molecular formula is C20H16ClFN6O4S. The lowest BCUT2D eigenvalue weighted by atomic mass is 10.3. The van der Waals surface area contributed by atoms with Gasteiger partial charge in [0.1, 0.15) is 36.0 Å². The Kier molecular flexibility index (Phi) is 7.05. The van der Waals surface area contributed by atoms with Crippen molar-refractivity contribution >= 4 is 35.5 Å². The van der Waals surface area contributed by atoms with Crippen LogP contribution >= 0.6 is 23.4 Å². The van der Waals surface area contributed by atoms with Gasteiger partial charge in [0.15, 0.2) is 5.69 Å². The average molecular weight is 491 g/mol. The van der Waals surface area contributed by atoms with E-state index < -0.39 is 11.8 Å². The van der Waals surface area contributed by atoms with E-state index in [9.17, 15) is 9.18 Å². The Hall–Kier alpha value is -3.64. The second-order valence-electron chi connectivity index (χ2n) is 6.38. The molecule has 0 aliphatic carbocycles. The third-order valence-electron chi connectivity index (χ3n) is 4.13. The Morgan fingerprint density at radius 1 is 1.33 bits per heavy atom. The van der Waals surface area contributed by atoms with Crippen LogP contribution < -0.4 is 4.74 Å². The van der Waals surface area contributed by atoms with Crippen molar-refractivity contribution in [3.63, 3.8) is 0 Å². The van der Waals surface area contributed by atoms with E-state index in [0.717, 1.165) is 0 Å². The summed E-state index contributed by atoms with van der Waals surface area (Å²) in [6, 6.07) is 9.15. The number of benzene rings is 1. The highest BCUT2D eigenvalue weighted by molar-refractivity contribution is 7.98. The van der Waals surface area contributed by atoms with Crippen molar-refractivity contribution in [3.05, 3.63) is 77.0 Å². The number of rotatable bonds is 9. The Balaban J connectivity index is 1.33. The van der Waals surface area contributed by atoms with Gasteiger partial charge in [-0.1, -0.05) is 23.4 Å². The van der Waals surface area contributed by atoms with Crippen LogP contribution in [0.5, 0.6) is 5.75 Å². The van der Waals surface area contributed by atoms with Crippen molar-refractivity contribution < 1.29 is 23.1 Å². The van der Waals surface area contributed by atoms with Crippen LogP contribution in [0.15, 0.2) is 63.6 Å². The molecule has 0 atom stereocenters. The predicted molar refractivity (Wildman–Crippen MR) is 117 cm³/mol. The lowest BCUT2D eigenvalue weighted by molar-refractivity contribution is 0.0593. The molecule has 0 N–H and O–H groups in total. The van der Waals surface area contributed by atoms with E-state index >= 15 is 0 Å². The fourth-order valence-electron chi connectivity index (χ4n) is 2.55. The normalized spacial score (nSPS) is 11.2. The molecular weight excluding hydrogens is 475 g/mol. The number of esters is 1. The van der Waals surface area contributed by atoms with Crippen LogP contribution in [0.25, 0.3) is 0 Å². The van der Waals surface area contributed by atoms with Gasteiger partial charge in [-0.05, 0) is 30.3 Å². The third kappa shape index (κ3) is 5.79. The molecule has 0 bridgehead atoms. The molecule has 0 fully saturated rings. The summed E-state index contributed by atoms with van der Waals surface area (Å²) in [5.41, 5.74) is 0.220. The fraction of sp³-hybridized carbons (Fsp3) is 0.150. The van der Waals surface area contributed by atoms with Crippen LogP contribution in [-0.4, -0.2) is 43.9 Å². The molecule has 4 aromatic rings. The lowest BCUT2D eigenvalue weighted by Gasteiger charge is -2.04. The maximum atomic E-state index is 13.2. The molecule has 0 saturated heterocycles. The zero-order chi connectivity index (χ0) is 23.2. The average Bonchev–Trinajstić information content (AvgIpc) is 3.57. The number of thioether (sulfide) groups is 1. The second-order valence-corrected chi connectivity index (χ2v) is 7.70. The molecule has 0 radical (unpaired) electrons. The summed E-state index contributed by atoms with van der Waals surface area (Å²) in [6.45, 7) is 0.140. The zero-order valence-electron chi connectivity index (χ0n) is 17.1. The monoisotopic (exact) mass is 490 g/mol. The number of ether oxygens (including phenoxy) is 2. The number of furan rings is 1. The number of carbonyl (C=O) groups is 1. The standard InChI is InChI=1S/C20H16ClFN6O4S/c1-30-19(29)18-6-7-27(26-18)12-33-20-25-23-11-28(20)24-9-14-2-3-15(32-14)10-31-13-4-5-17(22)16(21)8-13/h2-9,11H,10,12H2,1H3/b24-9+. The minimum atomic E-state index is -0.511. The first-order valence-corrected chi connectivity index (χ1v) is 10.7. The summed E-state index contributed by atoms with van der Waals surface area (Å²) in [6.07, 6.45) is 4.62. The minimum absolute atomic E-state index is 0.0150. The van der Waals surface area contributed by atoms with Crippen molar-refractivity contribution in [3.8, 4) is 5.75 Å². The van der Waals surface area contributed by atoms with Crippen LogP contribution in [0.2, 0.25) is 5.02 Å². The SMILES string of the molecule is COC(=O)c1ccn(CSc2nncn2/N=C/c2ccc(COc3ccc(F)c(Cl)c3)o2)n1. The molecule has 0 amide bonds. The van der Waals surface area contributed by atoms with Gasteiger partial charge in [0.25, 0.3) is 0 Å². The molecule has 33 heavy (non-hydrogen) atoms. The van der Waals surface area contributed by atoms with Gasteiger partial charge < -0.3 is 13.9 Å².